The second kappa shape index (κ2) is 2.12. The average molecular weight is 126 g/mol. The van der Waals surface area contributed by atoms with Crippen LogP contribution in [0.1, 0.15) is 6.42 Å². The monoisotopic (exact) mass is 126 g/mol. The highest BCUT2D eigenvalue weighted by atomic mass is 16.7. The van der Waals surface area contributed by atoms with Crippen LogP contribution in [0.15, 0.2) is 12.2 Å². The summed E-state index contributed by atoms with van der Waals surface area (Å²) in [6, 6.07) is 0. The molecule has 0 aromatic heterocycles. The van der Waals surface area contributed by atoms with Gasteiger partial charge in [0.15, 0.2) is 6.29 Å². The third kappa shape index (κ3) is 0.884. The van der Waals surface area contributed by atoms with E-state index in [2.05, 4.69) is 12.2 Å². The van der Waals surface area contributed by atoms with Gasteiger partial charge in [-0.05, 0) is 6.42 Å². The molecule has 2 heteroatoms. The normalized spacial score (nSPS) is 34.9. The zero-order valence-corrected chi connectivity index (χ0v) is 5.25. The summed E-state index contributed by atoms with van der Waals surface area (Å²) in [5.74, 6) is 0.549. The highest BCUT2D eigenvalue weighted by Crippen LogP contribution is 2.25. The Balaban J connectivity index is 1.90. The molecule has 0 amide bonds. The Kier molecular flexibility index (Phi) is 1.28. The minimum absolute atomic E-state index is 0.0787. The molecule has 50 valence electrons. The van der Waals surface area contributed by atoms with Crippen molar-refractivity contribution in [3.8, 4) is 0 Å². The number of hydrogen-bond donors (Lipinski definition) is 0. The molecule has 2 nitrogen and oxygen atoms in total. The molecule has 0 spiro atoms. The Morgan fingerprint density at radius 1 is 1.22 bits per heavy atom. The van der Waals surface area contributed by atoms with Crippen LogP contribution in [0.25, 0.3) is 0 Å². The van der Waals surface area contributed by atoms with Crippen molar-refractivity contribution in [1.29, 1.82) is 0 Å². The SMILES string of the molecule is C1=CC(C2OCCO2)C1. The number of allylic oxidation sites excluding steroid dienone is 1. The maximum Gasteiger partial charge on any atom is 0.164 e. The minimum atomic E-state index is 0.0787. The van der Waals surface area contributed by atoms with Crippen molar-refractivity contribution in [2.45, 2.75) is 12.7 Å². The summed E-state index contributed by atoms with van der Waals surface area (Å²) in [4.78, 5) is 0. The van der Waals surface area contributed by atoms with E-state index in [9.17, 15) is 0 Å². The molecule has 0 aromatic rings. The van der Waals surface area contributed by atoms with Gasteiger partial charge in [0.1, 0.15) is 0 Å². The van der Waals surface area contributed by atoms with Gasteiger partial charge in [0.05, 0.1) is 13.2 Å². The maximum absolute atomic E-state index is 5.28. The summed E-state index contributed by atoms with van der Waals surface area (Å²) in [6.07, 6.45) is 5.51. The molecule has 1 heterocycles. The molecule has 1 atom stereocenters. The molecule has 0 bridgehead atoms. The predicted molar refractivity (Wildman–Crippen MR) is 32.9 cm³/mol. The molecule has 1 fully saturated rings. The molecule has 0 saturated carbocycles. The lowest BCUT2D eigenvalue weighted by atomic mass is 9.95. The Bertz CT molecular complexity index is 125. The van der Waals surface area contributed by atoms with E-state index >= 15 is 0 Å². The number of hydrogen-bond acceptors (Lipinski definition) is 2. The number of rotatable bonds is 1. The topological polar surface area (TPSA) is 18.5 Å². The van der Waals surface area contributed by atoms with Crippen LogP contribution in [-0.4, -0.2) is 19.5 Å². The molecule has 2 rings (SSSR count). The Hall–Kier alpha value is -0.340. The highest BCUT2D eigenvalue weighted by molar-refractivity contribution is 5.03. The van der Waals surface area contributed by atoms with Gasteiger partial charge in [-0.15, -0.1) is 0 Å². The summed E-state index contributed by atoms with van der Waals surface area (Å²) < 4.78 is 10.6. The summed E-state index contributed by atoms with van der Waals surface area (Å²) in [5, 5.41) is 0. The standard InChI is InChI=1S/C7H10O2/c1-2-6(3-1)7-8-4-5-9-7/h1-2,6-7H,3-5H2. The first-order valence-corrected chi connectivity index (χ1v) is 3.37. The lowest BCUT2D eigenvalue weighted by Gasteiger charge is -2.22. The molecule has 1 saturated heterocycles. The first-order valence-electron chi connectivity index (χ1n) is 3.37. The van der Waals surface area contributed by atoms with E-state index in [0.717, 1.165) is 19.6 Å². The second-order valence-electron chi connectivity index (χ2n) is 2.44. The van der Waals surface area contributed by atoms with Crippen molar-refractivity contribution in [2.75, 3.05) is 13.2 Å². The predicted octanol–water partition coefficient (Wildman–Crippen LogP) is 0.935. The van der Waals surface area contributed by atoms with Gasteiger partial charge in [-0.3, -0.25) is 0 Å². The first kappa shape index (κ1) is 5.45. The molecular weight excluding hydrogens is 116 g/mol. The van der Waals surface area contributed by atoms with Crippen LogP contribution in [-0.2, 0) is 9.47 Å². The van der Waals surface area contributed by atoms with Crippen LogP contribution in [0.3, 0.4) is 0 Å². The van der Waals surface area contributed by atoms with Gasteiger partial charge in [-0.2, -0.15) is 0 Å². The van der Waals surface area contributed by atoms with Crippen molar-refractivity contribution in [2.24, 2.45) is 5.92 Å². The highest BCUT2D eigenvalue weighted by Gasteiger charge is 2.26. The molecule has 0 radical (unpaired) electrons. The van der Waals surface area contributed by atoms with Crippen LogP contribution >= 0.6 is 0 Å². The molecule has 9 heavy (non-hydrogen) atoms. The van der Waals surface area contributed by atoms with Gasteiger partial charge >= 0.3 is 0 Å². The van der Waals surface area contributed by atoms with Crippen LogP contribution in [0, 0.1) is 5.92 Å². The van der Waals surface area contributed by atoms with Gasteiger partial charge < -0.3 is 9.47 Å². The molecule has 1 unspecified atom stereocenters. The lowest BCUT2D eigenvalue weighted by Crippen LogP contribution is -2.22. The molecule has 0 N–H and O–H groups in total. The van der Waals surface area contributed by atoms with Gasteiger partial charge in [-0.25, -0.2) is 0 Å². The Morgan fingerprint density at radius 3 is 2.33 bits per heavy atom. The Labute approximate surface area is 54.5 Å². The van der Waals surface area contributed by atoms with Crippen molar-refractivity contribution in [3.05, 3.63) is 12.2 Å². The van der Waals surface area contributed by atoms with E-state index in [4.69, 9.17) is 9.47 Å². The third-order valence-corrected chi connectivity index (χ3v) is 1.79. The van der Waals surface area contributed by atoms with Crippen molar-refractivity contribution in [1.82, 2.24) is 0 Å². The molecule has 1 aliphatic heterocycles. The third-order valence-electron chi connectivity index (χ3n) is 1.79. The van der Waals surface area contributed by atoms with Crippen LogP contribution in [0.4, 0.5) is 0 Å². The second-order valence-corrected chi connectivity index (χ2v) is 2.44. The van der Waals surface area contributed by atoms with E-state index < -0.39 is 0 Å². The van der Waals surface area contributed by atoms with Gasteiger partial charge in [0.2, 0.25) is 0 Å². The molecule has 1 aliphatic carbocycles. The van der Waals surface area contributed by atoms with E-state index in [1.807, 2.05) is 0 Å². The van der Waals surface area contributed by atoms with E-state index in [1.165, 1.54) is 0 Å². The number of ether oxygens (including phenoxy) is 2. The minimum Gasteiger partial charge on any atom is -0.350 e. The van der Waals surface area contributed by atoms with E-state index in [0.29, 0.717) is 5.92 Å². The van der Waals surface area contributed by atoms with Crippen molar-refractivity contribution in [3.63, 3.8) is 0 Å². The van der Waals surface area contributed by atoms with Crippen LogP contribution in [0.5, 0.6) is 0 Å². The van der Waals surface area contributed by atoms with Crippen molar-refractivity contribution >= 4 is 0 Å². The zero-order chi connectivity index (χ0) is 6.10. The van der Waals surface area contributed by atoms with Gasteiger partial charge in [0.25, 0.3) is 0 Å². The average Bonchev–Trinajstić information content (AvgIpc) is 2.11. The fraction of sp³-hybridized carbons (Fsp3) is 0.714. The summed E-state index contributed by atoms with van der Waals surface area (Å²) in [5.41, 5.74) is 0. The maximum atomic E-state index is 5.28. The van der Waals surface area contributed by atoms with Crippen LogP contribution < -0.4 is 0 Å². The smallest absolute Gasteiger partial charge is 0.164 e. The Morgan fingerprint density at radius 2 is 1.89 bits per heavy atom. The zero-order valence-electron chi connectivity index (χ0n) is 5.25. The van der Waals surface area contributed by atoms with Gasteiger partial charge in [0, 0.05) is 5.92 Å². The molecular formula is C7H10O2. The first-order chi connectivity index (χ1) is 4.47. The molecule has 0 aromatic carbocycles. The van der Waals surface area contributed by atoms with E-state index in [1.54, 1.807) is 0 Å². The molecule has 2 aliphatic rings. The summed E-state index contributed by atoms with van der Waals surface area (Å²) in [6.45, 7) is 1.55. The fourth-order valence-electron chi connectivity index (χ4n) is 1.12. The largest absolute Gasteiger partial charge is 0.350 e. The fourth-order valence-corrected chi connectivity index (χ4v) is 1.12. The van der Waals surface area contributed by atoms with E-state index in [-0.39, 0.29) is 6.29 Å². The van der Waals surface area contributed by atoms with Crippen LogP contribution in [0.2, 0.25) is 0 Å². The lowest BCUT2D eigenvalue weighted by molar-refractivity contribution is -0.0734. The van der Waals surface area contributed by atoms with Crippen molar-refractivity contribution < 1.29 is 9.47 Å². The summed E-state index contributed by atoms with van der Waals surface area (Å²) in [7, 11) is 0. The van der Waals surface area contributed by atoms with Gasteiger partial charge in [-0.1, -0.05) is 12.2 Å². The quantitative estimate of drug-likeness (QED) is 0.487. The summed E-state index contributed by atoms with van der Waals surface area (Å²) >= 11 is 0.